The Morgan fingerprint density at radius 3 is 2.35 bits per heavy atom. The van der Waals surface area contributed by atoms with E-state index < -0.39 is 9.05 Å². The number of hydrogen-bond donors (Lipinski definition) is 0. The van der Waals surface area contributed by atoms with Crippen LogP contribution in [0.4, 0.5) is 0 Å². The van der Waals surface area contributed by atoms with Crippen molar-refractivity contribution < 1.29 is 8.42 Å². The minimum absolute atomic E-state index is 0.0382. The lowest BCUT2D eigenvalue weighted by molar-refractivity contribution is 0.609. The number of nitrogens with zero attached hydrogens (tertiary/aromatic N) is 3. The Labute approximate surface area is 107 Å². The van der Waals surface area contributed by atoms with Crippen LogP contribution in [0, 0.1) is 6.92 Å². The maximum absolute atomic E-state index is 11.3. The molecular formula is C9H7Cl2N3O2S. The van der Waals surface area contributed by atoms with Gasteiger partial charge >= 0.3 is 0 Å². The number of aromatic nitrogens is 3. The van der Waals surface area contributed by atoms with Crippen LogP contribution >= 0.6 is 22.3 Å². The highest BCUT2D eigenvalue weighted by molar-refractivity contribution is 8.13. The van der Waals surface area contributed by atoms with Crippen LogP contribution in [-0.4, -0.2) is 23.2 Å². The van der Waals surface area contributed by atoms with Gasteiger partial charge in [0.15, 0.2) is 5.15 Å². The highest BCUT2D eigenvalue weighted by Gasteiger charge is 2.24. The summed E-state index contributed by atoms with van der Waals surface area (Å²) in [4.78, 5) is 3.68. The summed E-state index contributed by atoms with van der Waals surface area (Å²) in [6.07, 6.45) is 3.11. The third-order valence-electron chi connectivity index (χ3n) is 2.10. The summed E-state index contributed by atoms with van der Waals surface area (Å²) in [5.41, 5.74) is 0.862. The second-order valence-corrected chi connectivity index (χ2v) is 6.12. The van der Waals surface area contributed by atoms with E-state index >= 15 is 0 Å². The topological polar surface area (TPSA) is 64.8 Å². The molecule has 0 aliphatic heterocycles. The van der Waals surface area contributed by atoms with Gasteiger partial charge in [0, 0.05) is 23.1 Å². The Hall–Kier alpha value is -1.11. The first-order valence-electron chi connectivity index (χ1n) is 4.51. The van der Waals surface area contributed by atoms with Crippen molar-refractivity contribution in [3.05, 3.63) is 35.4 Å². The van der Waals surface area contributed by atoms with Crippen molar-refractivity contribution in [2.75, 3.05) is 0 Å². The molecule has 2 aromatic rings. The van der Waals surface area contributed by atoms with Crippen LogP contribution in [0.1, 0.15) is 5.69 Å². The van der Waals surface area contributed by atoms with Crippen LogP contribution in [-0.2, 0) is 9.05 Å². The van der Waals surface area contributed by atoms with Gasteiger partial charge in [-0.1, -0.05) is 11.6 Å². The molecule has 0 aliphatic rings. The molecular weight excluding hydrogens is 285 g/mol. The zero-order valence-electron chi connectivity index (χ0n) is 8.63. The van der Waals surface area contributed by atoms with Crippen LogP contribution in [0.5, 0.6) is 0 Å². The van der Waals surface area contributed by atoms with Gasteiger partial charge in [0.1, 0.15) is 4.90 Å². The van der Waals surface area contributed by atoms with Gasteiger partial charge in [0.25, 0.3) is 9.05 Å². The van der Waals surface area contributed by atoms with Crippen molar-refractivity contribution in [3.63, 3.8) is 0 Å². The highest BCUT2D eigenvalue weighted by atomic mass is 35.7. The molecule has 0 atom stereocenters. The quantitative estimate of drug-likeness (QED) is 0.796. The van der Waals surface area contributed by atoms with E-state index in [9.17, 15) is 8.42 Å². The Kier molecular flexibility index (Phi) is 3.11. The summed E-state index contributed by atoms with van der Waals surface area (Å²) in [5.74, 6) is 0. The highest BCUT2D eigenvalue weighted by Crippen LogP contribution is 2.29. The first-order chi connectivity index (χ1) is 7.91. The van der Waals surface area contributed by atoms with E-state index in [1.165, 1.54) is 11.6 Å². The van der Waals surface area contributed by atoms with Gasteiger partial charge < -0.3 is 0 Å². The van der Waals surface area contributed by atoms with E-state index in [2.05, 4.69) is 10.1 Å². The minimum atomic E-state index is -3.91. The van der Waals surface area contributed by atoms with Gasteiger partial charge in [-0.2, -0.15) is 5.10 Å². The molecule has 8 heteroatoms. The van der Waals surface area contributed by atoms with Crippen LogP contribution in [0.25, 0.3) is 5.69 Å². The number of rotatable bonds is 2. The standard InChI is InChI=1S/C9H7Cl2N3O2S/c1-6-8(17(11,15)16)9(10)14(13-6)7-2-4-12-5-3-7/h2-5H,1H3. The summed E-state index contributed by atoms with van der Waals surface area (Å²) >= 11 is 5.97. The van der Waals surface area contributed by atoms with Gasteiger partial charge in [-0.25, -0.2) is 13.1 Å². The molecule has 2 heterocycles. The smallest absolute Gasteiger partial charge is 0.265 e. The third kappa shape index (κ3) is 2.29. The molecule has 0 unspecified atom stereocenters. The van der Waals surface area contributed by atoms with E-state index in [4.69, 9.17) is 22.3 Å². The molecule has 2 aromatic heterocycles. The van der Waals surface area contributed by atoms with Crippen molar-refractivity contribution in [2.24, 2.45) is 0 Å². The molecule has 90 valence electrons. The second kappa shape index (κ2) is 4.29. The monoisotopic (exact) mass is 291 g/mol. The molecule has 0 amide bonds. The van der Waals surface area contributed by atoms with E-state index in [1.807, 2.05) is 0 Å². The maximum Gasteiger partial charge on any atom is 0.266 e. The third-order valence-corrected chi connectivity index (χ3v) is 4.00. The van der Waals surface area contributed by atoms with Crippen LogP contribution < -0.4 is 0 Å². The molecule has 2 rings (SSSR count). The van der Waals surface area contributed by atoms with Crippen molar-refractivity contribution in [2.45, 2.75) is 11.8 Å². The molecule has 5 nitrogen and oxygen atoms in total. The van der Waals surface area contributed by atoms with Gasteiger partial charge in [-0.3, -0.25) is 4.98 Å². The van der Waals surface area contributed by atoms with Crippen LogP contribution in [0.3, 0.4) is 0 Å². The average molecular weight is 292 g/mol. The maximum atomic E-state index is 11.3. The predicted octanol–water partition coefficient (Wildman–Crippen LogP) is 2.16. The lowest BCUT2D eigenvalue weighted by atomic mass is 10.4. The van der Waals surface area contributed by atoms with Crippen LogP contribution in [0.2, 0.25) is 5.15 Å². The fourth-order valence-electron chi connectivity index (χ4n) is 1.42. The molecule has 0 N–H and O–H groups in total. The zero-order chi connectivity index (χ0) is 12.6. The minimum Gasteiger partial charge on any atom is -0.265 e. The molecule has 17 heavy (non-hydrogen) atoms. The lowest BCUT2D eigenvalue weighted by Gasteiger charge is -2.01. The summed E-state index contributed by atoms with van der Waals surface area (Å²) in [7, 11) is 1.38. The van der Waals surface area contributed by atoms with Crippen LogP contribution in [0.15, 0.2) is 29.4 Å². The molecule has 0 aliphatic carbocycles. The average Bonchev–Trinajstić information content (AvgIpc) is 2.54. The fourth-order valence-corrected chi connectivity index (χ4v) is 3.35. The van der Waals surface area contributed by atoms with Gasteiger partial charge in [-0.15, -0.1) is 0 Å². The van der Waals surface area contributed by atoms with Gasteiger partial charge in [-0.05, 0) is 19.1 Å². The number of pyridine rings is 1. The normalized spacial score (nSPS) is 11.7. The molecule has 0 saturated heterocycles. The summed E-state index contributed by atoms with van der Waals surface area (Å²) in [6, 6.07) is 3.31. The van der Waals surface area contributed by atoms with E-state index in [0.29, 0.717) is 5.69 Å². The van der Waals surface area contributed by atoms with Crippen molar-refractivity contribution >= 4 is 31.3 Å². The molecule has 0 radical (unpaired) electrons. The van der Waals surface area contributed by atoms with E-state index in [1.54, 1.807) is 24.5 Å². The second-order valence-electron chi connectivity index (χ2n) is 3.26. The summed E-state index contributed by atoms with van der Waals surface area (Å²) < 4.78 is 24.0. The lowest BCUT2D eigenvalue weighted by Crippen LogP contribution is -1.97. The molecule has 0 fully saturated rings. The predicted molar refractivity (Wildman–Crippen MR) is 64.1 cm³/mol. The van der Waals surface area contributed by atoms with E-state index in [-0.39, 0.29) is 15.7 Å². The molecule has 0 saturated carbocycles. The summed E-state index contributed by atoms with van der Waals surface area (Å²) in [6.45, 7) is 1.53. The Morgan fingerprint density at radius 2 is 1.88 bits per heavy atom. The molecule has 0 spiro atoms. The first-order valence-corrected chi connectivity index (χ1v) is 7.20. The Bertz CT molecular complexity index is 652. The largest absolute Gasteiger partial charge is 0.266 e. The fraction of sp³-hybridized carbons (Fsp3) is 0.111. The number of halogens is 2. The zero-order valence-corrected chi connectivity index (χ0v) is 11.0. The Balaban J connectivity index is 2.69. The molecule has 0 aromatic carbocycles. The first kappa shape index (κ1) is 12.3. The molecule has 0 bridgehead atoms. The van der Waals surface area contributed by atoms with Gasteiger partial charge in [0.05, 0.1) is 11.4 Å². The van der Waals surface area contributed by atoms with Crippen molar-refractivity contribution in [1.82, 2.24) is 14.8 Å². The number of hydrogen-bond acceptors (Lipinski definition) is 4. The Morgan fingerprint density at radius 1 is 1.29 bits per heavy atom. The van der Waals surface area contributed by atoms with Gasteiger partial charge in [0.2, 0.25) is 0 Å². The summed E-state index contributed by atoms with van der Waals surface area (Å²) in [5, 5.41) is 4.00. The SMILES string of the molecule is Cc1nn(-c2ccncc2)c(Cl)c1S(=O)(=O)Cl. The number of aryl methyl sites for hydroxylation is 1. The van der Waals surface area contributed by atoms with Crippen molar-refractivity contribution in [3.8, 4) is 5.69 Å². The van der Waals surface area contributed by atoms with Crippen molar-refractivity contribution in [1.29, 1.82) is 0 Å². The van der Waals surface area contributed by atoms with E-state index in [0.717, 1.165) is 0 Å².